The highest BCUT2D eigenvalue weighted by Crippen LogP contribution is 2.23. The van der Waals surface area contributed by atoms with E-state index in [4.69, 9.17) is 4.74 Å². The average Bonchev–Trinajstić information content (AvgIpc) is 3.00. The summed E-state index contributed by atoms with van der Waals surface area (Å²) in [5, 5.41) is 0. The number of thiazole rings is 1. The molecule has 4 nitrogen and oxygen atoms in total. The first kappa shape index (κ1) is 18.9. The summed E-state index contributed by atoms with van der Waals surface area (Å²) in [6.45, 7) is 6.01. The maximum absolute atomic E-state index is 12.9. The molecule has 136 valence electrons. The third kappa shape index (κ3) is 4.26. The van der Waals surface area contributed by atoms with Crippen LogP contribution in [-0.2, 0) is 11.3 Å². The van der Waals surface area contributed by atoms with Crippen molar-refractivity contribution in [3.63, 3.8) is 0 Å². The first-order chi connectivity index (χ1) is 12.7. The topological polar surface area (TPSA) is 43.6 Å². The molecule has 0 bridgehead atoms. The molecule has 1 heterocycles. The van der Waals surface area contributed by atoms with Gasteiger partial charge in [0, 0.05) is 18.0 Å². The average molecular weight is 387 g/mol. The molecule has 0 aliphatic carbocycles. The number of fused-ring (bicyclic) bond motifs is 1. The molecule has 0 aliphatic heterocycles. The molecule has 0 radical (unpaired) electrons. The minimum Gasteiger partial charge on any atom is -0.380 e. The van der Waals surface area contributed by atoms with E-state index in [2.05, 4.69) is 28.6 Å². The van der Waals surface area contributed by atoms with Crippen molar-refractivity contribution in [2.75, 3.05) is 19.0 Å². The first-order valence-electron chi connectivity index (χ1n) is 8.71. The van der Waals surface area contributed by atoms with E-state index in [0.717, 1.165) is 20.9 Å². The number of carbonyl (C=O) groups is 1. The number of aromatic nitrogens is 1. The second-order valence-corrected chi connectivity index (χ2v) is 7.86. The summed E-state index contributed by atoms with van der Waals surface area (Å²) in [7, 11) is 0. The minimum absolute atomic E-state index is 0.196. The van der Waals surface area contributed by atoms with E-state index in [-0.39, 0.29) is 5.91 Å². The molecule has 0 N–H and O–H groups in total. The molecule has 1 amide bonds. The lowest BCUT2D eigenvalue weighted by molar-refractivity contribution is 0.0994. The molecule has 0 fully saturated rings. The Balaban J connectivity index is 2.03. The van der Waals surface area contributed by atoms with E-state index >= 15 is 0 Å². The summed E-state index contributed by atoms with van der Waals surface area (Å²) in [6, 6.07) is 15.8. The lowest BCUT2D eigenvalue weighted by Crippen LogP contribution is -2.19. The van der Waals surface area contributed by atoms with Crippen LogP contribution in [0.25, 0.3) is 10.2 Å². The summed E-state index contributed by atoms with van der Waals surface area (Å²) in [6.07, 6.45) is 0. The van der Waals surface area contributed by atoms with E-state index in [0.29, 0.717) is 30.1 Å². The van der Waals surface area contributed by atoms with Gasteiger partial charge in [0.1, 0.15) is 0 Å². The predicted molar refractivity (Wildman–Crippen MR) is 109 cm³/mol. The van der Waals surface area contributed by atoms with Crippen LogP contribution in [0, 0.1) is 0 Å². The highest BCUT2D eigenvalue weighted by Gasteiger charge is 2.12. The molecule has 3 aromatic rings. The molecule has 3 rings (SSSR count). The number of hydrogen-bond donors (Lipinski definition) is 0. The van der Waals surface area contributed by atoms with Crippen LogP contribution in [-0.4, -0.2) is 29.4 Å². The third-order valence-electron chi connectivity index (χ3n) is 3.87. The molecule has 0 aliphatic rings. The first-order valence-corrected chi connectivity index (χ1v) is 10.5. The van der Waals surface area contributed by atoms with Gasteiger partial charge in [0.15, 0.2) is 4.80 Å². The van der Waals surface area contributed by atoms with Crippen molar-refractivity contribution in [2.24, 2.45) is 4.99 Å². The highest BCUT2D eigenvalue weighted by molar-refractivity contribution is 7.99. The van der Waals surface area contributed by atoms with Crippen molar-refractivity contribution < 1.29 is 9.53 Å². The summed E-state index contributed by atoms with van der Waals surface area (Å²) >= 11 is 3.20. The van der Waals surface area contributed by atoms with E-state index in [1.807, 2.05) is 43.3 Å². The van der Waals surface area contributed by atoms with Gasteiger partial charge in [-0.15, -0.1) is 11.8 Å². The van der Waals surface area contributed by atoms with Crippen LogP contribution in [0.15, 0.2) is 58.4 Å². The molecule has 26 heavy (non-hydrogen) atoms. The largest absolute Gasteiger partial charge is 0.380 e. The number of ether oxygens (including phenoxy) is 1. The van der Waals surface area contributed by atoms with Gasteiger partial charge in [-0.3, -0.25) is 4.79 Å². The molecular formula is C20H22N2O2S2. The van der Waals surface area contributed by atoms with E-state index in [1.165, 1.54) is 11.3 Å². The van der Waals surface area contributed by atoms with Gasteiger partial charge >= 0.3 is 0 Å². The second-order valence-electron chi connectivity index (χ2n) is 5.55. The second kappa shape index (κ2) is 9.16. The summed E-state index contributed by atoms with van der Waals surface area (Å²) in [5.74, 6) is 0.722. The lowest BCUT2D eigenvalue weighted by Gasteiger charge is -2.06. The number of rotatable bonds is 7. The molecule has 2 aromatic carbocycles. The number of hydrogen-bond acceptors (Lipinski definition) is 4. The molecule has 0 atom stereocenters. The molecule has 0 saturated carbocycles. The Hall–Kier alpha value is -1.89. The number of thioether (sulfide) groups is 1. The van der Waals surface area contributed by atoms with Gasteiger partial charge in [-0.25, -0.2) is 0 Å². The highest BCUT2D eigenvalue weighted by atomic mass is 32.2. The van der Waals surface area contributed by atoms with Crippen LogP contribution in [0.2, 0.25) is 0 Å². The van der Waals surface area contributed by atoms with Gasteiger partial charge in [-0.2, -0.15) is 4.99 Å². The fraction of sp³-hybridized carbons (Fsp3) is 0.300. The van der Waals surface area contributed by atoms with Crippen molar-refractivity contribution in [1.29, 1.82) is 0 Å². The number of carbonyl (C=O) groups excluding carboxylic acids is 1. The SMILES string of the molecule is CCOCCn1c(=NC(=O)c2ccccc2SCC)sc2ccccc21. The predicted octanol–water partition coefficient (Wildman–Crippen LogP) is 4.59. The smallest absolute Gasteiger partial charge is 0.280 e. The number of nitrogens with zero attached hydrogens (tertiary/aromatic N) is 2. The van der Waals surface area contributed by atoms with Crippen LogP contribution in [0.3, 0.4) is 0 Å². The van der Waals surface area contributed by atoms with Gasteiger partial charge in [0.05, 0.1) is 22.4 Å². The zero-order valence-electron chi connectivity index (χ0n) is 15.0. The normalized spacial score (nSPS) is 12.0. The fourth-order valence-corrected chi connectivity index (χ4v) is 4.55. The van der Waals surface area contributed by atoms with Crippen LogP contribution in [0.5, 0.6) is 0 Å². The van der Waals surface area contributed by atoms with Crippen LogP contribution >= 0.6 is 23.1 Å². The lowest BCUT2D eigenvalue weighted by atomic mass is 10.2. The number of amides is 1. The Bertz CT molecular complexity index is 960. The van der Waals surface area contributed by atoms with Gasteiger partial charge in [0.2, 0.25) is 0 Å². The quantitative estimate of drug-likeness (QED) is 0.440. The Morgan fingerprint density at radius 1 is 1.15 bits per heavy atom. The molecule has 0 spiro atoms. The van der Waals surface area contributed by atoms with E-state index < -0.39 is 0 Å². The molecule has 0 saturated heterocycles. The molecule has 1 aromatic heterocycles. The van der Waals surface area contributed by atoms with Crippen LogP contribution in [0.4, 0.5) is 0 Å². The van der Waals surface area contributed by atoms with Crippen molar-refractivity contribution in [2.45, 2.75) is 25.3 Å². The Morgan fingerprint density at radius 3 is 2.73 bits per heavy atom. The maximum atomic E-state index is 12.9. The molecule has 6 heteroatoms. The zero-order chi connectivity index (χ0) is 18.4. The monoisotopic (exact) mass is 386 g/mol. The third-order valence-corrected chi connectivity index (χ3v) is 5.88. The van der Waals surface area contributed by atoms with E-state index in [1.54, 1.807) is 11.8 Å². The molecule has 0 unspecified atom stereocenters. The van der Waals surface area contributed by atoms with Crippen molar-refractivity contribution in [3.05, 3.63) is 58.9 Å². The fourth-order valence-electron chi connectivity index (χ4n) is 2.69. The van der Waals surface area contributed by atoms with Gasteiger partial charge < -0.3 is 9.30 Å². The van der Waals surface area contributed by atoms with Crippen molar-refractivity contribution >= 4 is 39.2 Å². The summed E-state index contributed by atoms with van der Waals surface area (Å²) < 4.78 is 8.70. The van der Waals surface area contributed by atoms with Crippen LogP contribution in [0.1, 0.15) is 24.2 Å². The van der Waals surface area contributed by atoms with Crippen LogP contribution < -0.4 is 4.80 Å². The number of benzene rings is 2. The Labute approximate surface area is 161 Å². The van der Waals surface area contributed by atoms with E-state index in [9.17, 15) is 4.79 Å². The zero-order valence-corrected chi connectivity index (χ0v) is 16.6. The van der Waals surface area contributed by atoms with Crippen molar-refractivity contribution in [3.8, 4) is 0 Å². The van der Waals surface area contributed by atoms with Crippen molar-refractivity contribution in [1.82, 2.24) is 4.57 Å². The minimum atomic E-state index is -0.196. The summed E-state index contributed by atoms with van der Waals surface area (Å²) in [4.78, 5) is 19.0. The number of para-hydroxylation sites is 1. The van der Waals surface area contributed by atoms with Gasteiger partial charge in [-0.05, 0) is 36.9 Å². The molecular weight excluding hydrogens is 364 g/mol. The maximum Gasteiger partial charge on any atom is 0.280 e. The Morgan fingerprint density at radius 2 is 1.92 bits per heavy atom. The van der Waals surface area contributed by atoms with Gasteiger partial charge in [-0.1, -0.05) is 42.5 Å². The standard InChI is InChI=1S/C20H22N2O2S2/c1-3-24-14-13-22-16-10-6-8-12-18(16)26-20(22)21-19(23)15-9-5-7-11-17(15)25-4-2/h5-12H,3-4,13-14H2,1-2H3. The Kier molecular flexibility index (Phi) is 6.66. The van der Waals surface area contributed by atoms with Gasteiger partial charge in [0.25, 0.3) is 5.91 Å². The summed E-state index contributed by atoms with van der Waals surface area (Å²) in [5.41, 5.74) is 1.74.